The summed E-state index contributed by atoms with van der Waals surface area (Å²) in [4.78, 5) is 15.6. The summed E-state index contributed by atoms with van der Waals surface area (Å²) in [6.07, 6.45) is 12.1. The normalized spacial score (nSPS) is 29.0. The highest BCUT2D eigenvalue weighted by molar-refractivity contribution is 5.94. The quantitative estimate of drug-likeness (QED) is 0.500. The molecule has 1 heterocycles. The molecule has 0 aromatic carbocycles. The molecule has 0 aliphatic heterocycles. The summed E-state index contributed by atoms with van der Waals surface area (Å²) in [5, 5.41) is 4.07. The van der Waals surface area contributed by atoms with Gasteiger partial charge in [-0.05, 0) is 36.8 Å². The molecule has 0 unspecified atom stereocenters. The van der Waals surface area contributed by atoms with Crippen molar-refractivity contribution in [2.24, 2.45) is 22.9 Å². The number of rotatable bonds is 3. The molecule has 4 heteroatoms. The van der Waals surface area contributed by atoms with Gasteiger partial charge < -0.3 is 0 Å². The van der Waals surface area contributed by atoms with Crippen LogP contribution in [-0.4, -0.2) is 17.1 Å². The van der Waals surface area contributed by atoms with E-state index in [1.807, 2.05) is 6.21 Å². The van der Waals surface area contributed by atoms with Gasteiger partial charge >= 0.3 is 0 Å². The molecule has 0 radical (unpaired) electrons. The molecule has 18 heavy (non-hydrogen) atoms. The Morgan fingerprint density at radius 1 is 1.33 bits per heavy atom. The lowest BCUT2D eigenvalue weighted by Crippen LogP contribution is -2.19. The van der Waals surface area contributed by atoms with E-state index in [9.17, 15) is 4.79 Å². The van der Waals surface area contributed by atoms with Gasteiger partial charge in [0.2, 0.25) is 0 Å². The number of pyridine rings is 1. The number of hydrazone groups is 1. The molecule has 1 aromatic rings. The summed E-state index contributed by atoms with van der Waals surface area (Å²) in [7, 11) is 0. The molecule has 2 bridgehead atoms. The largest absolute Gasteiger partial charge is 0.271 e. The van der Waals surface area contributed by atoms with E-state index in [4.69, 9.17) is 0 Å². The number of carbonyl (C=O) groups excluding carboxylic acids is 1. The third-order valence-corrected chi connectivity index (χ3v) is 3.70. The number of fused-ring (bicyclic) bond motifs is 2. The van der Waals surface area contributed by atoms with Gasteiger partial charge in [0, 0.05) is 30.1 Å². The second-order valence-electron chi connectivity index (χ2n) is 4.90. The predicted octanol–water partition coefficient (Wildman–Crippen LogP) is 2.01. The Labute approximate surface area is 106 Å². The molecule has 3 rings (SSSR count). The fourth-order valence-electron chi connectivity index (χ4n) is 2.75. The topological polar surface area (TPSA) is 54.4 Å². The molecule has 0 saturated heterocycles. The molecule has 92 valence electrons. The van der Waals surface area contributed by atoms with E-state index in [0.29, 0.717) is 17.4 Å². The highest BCUT2D eigenvalue weighted by Crippen LogP contribution is 2.42. The van der Waals surface area contributed by atoms with Crippen LogP contribution in [0.5, 0.6) is 0 Å². The zero-order valence-corrected chi connectivity index (χ0v) is 9.99. The van der Waals surface area contributed by atoms with Crippen molar-refractivity contribution in [1.82, 2.24) is 10.4 Å². The summed E-state index contributed by atoms with van der Waals surface area (Å²) >= 11 is 0. The van der Waals surface area contributed by atoms with E-state index in [1.54, 1.807) is 24.5 Å². The van der Waals surface area contributed by atoms with E-state index in [0.717, 1.165) is 12.3 Å². The van der Waals surface area contributed by atoms with Crippen LogP contribution in [-0.2, 0) is 0 Å². The standard InChI is InChI=1S/C14H15N3O/c18-14(11-3-5-15-6-4-11)17-16-9-13-8-10-1-2-12(13)7-10/h1-6,9-10,12-13H,7-8H2,(H,17,18)/b16-9-/t10-,12-,13-/m0/s1. The molecule has 1 fully saturated rings. The smallest absolute Gasteiger partial charge is 0.267 e. The molecule has 3 atom stereocenters. The second-order valence-corrected chi connectivity index (χ2v) is 4.90. The number of carbonyl (C=O) groups is 1. The predicted molar refractivity (Wildman–Crippen MR) is 69.0 cm³/mol. The highest BCUT2D eigenvalue weighted by Gasteiger charge is 2.34. The molecule has 2 aliphatic carbocycles. The van der Waals surface area contributed by atoms with Crippen molar-refractivity contribution in [3.63, 3.8) is 0 Å². The van der Waals surface area contributed by atoms with Crippen LogP contribution >= 0.6 is 0 Å². The van der Waals surface area contributed by atoms with Crippen LogP contribution in [0.2, 0.25) is 0 Å². The first kappa shape index (κ1) is 11.1. The maximum absolute atomic E-state index is 11.7. The average molecular weight is 241 g/mol. The van der Waals surface area contributed by atoms with Crippen molar-refractivity contribution in [2.75, 3.05) is 0 Å². The Hall–Kier alpha value is -1.97. The third kappa shape index (κ3) is 2.18. The Bertz CT molecular complexity index is 495. The first-order valence-electron chi connectivity index (χ1n) is 6.25. The zero-order valence-electron chi connectivity index (χ0n) is 9.99. The number of nitrogens with zero attached hydrogens (tertiary/aromatic N) is 2. The number of hydrogen-bond acceptors (Lipinski definition) is 3. The van der Waals surface area contributed by atoms with E-state index >= 15 is 0 Å². The fraction of sp³-hybridized carbons (Fsp3) is 0.357. The maximum atomic E-state index is 11.7. The first-order chi connectivity index (χ1) is 8.83. The average Bonchev–Trinajstić information content (AvgIpc) is 3.02. The van der Waals surface area contributed by atoms with Crippen LogP contribution in [0.1, 0.15) is 23.2 Å². The van der Waals surface area contributed by atoms with Crippen LogP contribution in [0.3, 0.4) is 0 Å². The maximum Gasteiger partial charge on any atom is 0.271 e. The number of allylic oxidation sites excluding steroid dienone is 2. The van der Waals surface area contributed by atoms with Gasteiger partial charge in [-0.25, -0.2) is 5.43 Å². The summed E-state index contributed by atoms with van der Waals surface area (Å²) in [6, 6.07) is 3.34. The minimum Gasteiger partial charge on any atom is -0.267 e. The Morgan fingerprint density at radius 3 is 2.83 bits per heavy atom. The summed E-state index contributed by atoms with van der Waals surface area (Å²) in [6.45, 7) is 0. The third-order valence-electron chi connectivity index (χ3n) is 3.70. The second kappa shape index (κ2) is 4.72. The van der Waals surface area contributed by atoms with Crippen molar-refractivity contribution in [1.29, 1.82) is 0 Å². The van der Waals surface area contributed by atoms with Gasteiger partial charge in [-0.3, -0.25) is 9.78 Å². The molecule has 1 amide bonds. The van der Waals surface area contributed by atoms with Crippen LogP contribution in [0.4, 0.5) is 0 Å². The monoisotopic (exact) mass is 241 g/mol. The van der Waals surface area contributed by atoms with Gasteiger partial charge in [-0.2, -0.15) is 5.10 Å². The molecule has 1 aromatic heterocycles. The minimum atomic E-state index is -0.188. The molecule has 0 spiro atoms. The molecule has 1 N–H and O–H groups in total. The van der Waals surface area contributed by atoms with Crippen molar-refractivity contribution in [2.45, 2.75) is 12.8 Å². The van der Waals surface area contributed by atoms with Crippen molar-refractivity contribution in [3.8, 4) is 0 Å². The first-order valence-corrected chi connectivity index (χ1v) is 6.25. The Balaban J connectivity index is 1.55. The van der Waals surface area contributed by atoms with Crippen LogP contribution < -0.4 is 5.43 Å². The van der Waals surface area contributed by atoms with Gasteiger partial charge in [0.25, 0.3) is 5.91 Å². The Morgan fingerprint density at radius 2 is 2.17 bits per heavy atom. The van der Waals surface area contributed by atoms with Crippen LogP contribution in [0, 0.1) is 17.8 Å². The summed E-state index contributed by atoms with van der Waals surface area (Å²) in [5.74, 6) is 1.64. The molecule has 1 saturated carbocycles. The van der Waals surface area contributed by atoms with Gasteiger partial charge in [0.15, 0.2) is 0 Å². The SMILES string of the molecule is O=C(N/N=C\[C@@H]1C[C@H]2C=C[C@H]1C2)c1ccncc1. The summed E-state index contributed by atoms with van der Waals surface area (Å²) in [5.41, 5.74) is 3.14. The lowest BCUT2D eigenvalue weighted by Gasteiger charge is -2.11. The van der Waals surface area contributed by atoms with Crippen LogP contribution in [0.15, 0.2) is 41.8 Å². The van der Waals surface area contributed by atoms with E-state index in [2.05, 4.69) is 27.7 Å². The van der Waals surface area contributed by atoms with Gasteiger partial charge in [0.1, 0.15) is 0 Å². The molecule has 2 aliphatic rings. The highest BCUT2D eigenvalue weighted by atomic mass is 16.2. The van der Waals surface area contributed by atoms with E-state index in [-0.39, 0.29) is 5.91 Å². The zero-order chi connectivity index (χ0) is 12.4. The number of hydrogen-bond donors (Lipinski definition) is 1. The van der Waals surface area contributed by atoms with Gasteiger partial charge in [-0.15, -0.1) is 0 Å². The van der Waals surface area contributed by atoms with Crippen molar-refractivity contribution in [3.05, 3.63) is 42.2 Å². The number of nitrogens with one attached hydrogen (secondary N) is 1. The summed E-state index contributed by atoms with van der Waals surface area (Å²) < 4.78 is 0. The van der Waals surface area contributed by atoms with Gasteiger partial charge in [0.05, 0.1) is 0 Å². The number of aromatic nitrogens is 1. The van der Waals surface area contributed by atoms with Gasteiger partial charge in [-0.1, -0.05) is 12.2 Å². The van der Waals surface area contributed by atoms with Crippen molar-refractivity contribution >= 4 is 12.1 Å². The lowest BCUT2D eigenvalue weighted by atomic mass is 9.95. The van der Waals surface area contributed by atoms with Crippen LogP contribution in [0.25, 0.3) is 0 Å². The van der Waals surface area contributed by atoms with Crippen molar-refractivity contribution < 1.29 is 4.79 Å². The minimum absolute atomic E-state index is 0.188. The molecular weight excluding hydrogens is 226 g/mol. The lowest BCUT2D eigenvalue weighted by molar-refractivity contribution is 0.0955. The molecule has 4 nitrogen and oxygen atoms in total. The van der Waals surface area contributed by atoms with E-state index < -0.39 is 0 Å². The fourth-order valence-corrected chi connectivity index (χ4v) is 2.75. The van der Waals surface area contributed by atoms with E-state index in [1.165, 1.54) is 6.42 Å². The Kier molecular flexibility index (Phi) is 2.92. The molecular formula is C14H15N3O. The number of amides is 1.